The van der Waals surface area contributed by atoms with Crippen LogP contribution in [-0.2, 0) is 11.3 Å². The topological polar surface area (TPSA) is 58.6 Å². The SMILES string of the molecule is O=C(NCC=Cc1ccc(-c2ccc(O)cc2)cc1)OCc1ccccc1. The molecule has 0 saturated heterocycles. The summed E-state index contributed by atoms with van der Waals surface area (Å²) < 4.78 is 5.15. The largest absolute Gasteiger partial charge is 0.508 e. The summed E-state index contributed by atoms with van der Waals surface area (Å²) in [5.41, 5.74) is 4.12. The van der Waals surface area contributed by atoms with Crippen LogP contribution in [-0.4, -0.2) is 17.7 Å². The molecule has 0 saturated carbocycles. The van der Waals surface area contributed by atoms with Crippen LogP contribution in [0, 0.1) is 0 Å². The molecular weight excluding hydrogens is 338 g/mol. The molecule has 0 spiro atoms. The number of nitrogens with one attached hydrogen (secondary N) is 1. The molecule has 0 bridgehead atoms. The quantitative estimate of drug-likeness (QED) is 0.651. The molecule has 3 rings (SSSR count). The van der Waals surface area contributed by atoms with Crippen molar-refractivity contribution < 1.29 is 14.6 Å². The van der Waals surface area contributed by atoms with E-state index in [4.69, 9.17) is 4.74 Å². The number of aromatic hydroxyl groups is 1. The van der Waals surface area contributed by atoms with Crippen molar-refractivity contribution in [1.29, 1.82) is 0 Å². The van der Waals surface area contributed by atoms with Crippen LogP contribution in [0.1, 0.15) is 11.1 Å². The maximum atomic E-state index is 11.7. The van der Waals surface area contributed by atoms with E-state index < -0.39 is 6.09 Å². The van der Waals surface area contributed by atoms with Crippen molar-refractivity contribution in [3.8, 4) is 16.9 Å². The normalized spacial score (nSPS) is 10.7. The number of hydrogen-bond acceptors (Lipinski definition) is 3. The fraction of sp³-hybridized carbons (Fsp3) is 0.0870. The molecule has 3 aromatic carbocycles. The molecule has 1 amide bonds. The van der Waals surface area contributed by atoms with Gasteiger partial charge in [0.25, 0.3) is 0 Å². The zero-order valence-corrected chi connectivity index (χ0v) is 14.8. The molecule has 4 nitrogen and oxygen atoms in total. The summed E-state index contributed by atoms with van der Waals surface area (Å²) in [6.07, 6.45) is 3.38. The summed E-state index contributed by atoms with van der Waals surface area (Å²) in [7, 11) is 0. The molecule has 0 aliphatic rings. The van der Waals surface area contributed by atoms with E-state index in [0.29, 0.717) is 6.54 Å². The highest BCUT2D eigenvalue weighted by Gasteiger charge is 2.00. The second-order valence-corrected chi connectivity index (χ2v) is 6.01. The second-order valence-electron chi connectivity index (χ2n) is 6.01. The van der Waals surface area contributed by atoms with Crippen LogP contribution in [0.25, 0.3) is 17.2 Å². The number of ether oxygens (including phenoxy) is 1. The van der Waals surface area contributed by atoms with Gasteiger partial charge < -0.3 is 15.2 Å². The predicted molar refractivity (Wildman–Crippen MR) is 107 cm³/mol. The lowest BCUT2D eigenvalue weighted by molar-refractivity contribution is 0.141. The Morgan fingerprint density at radius 3 is 2.19 bits per heavy atom. The van der Waals surface area contributed by atoms with Crippen LogP contribution in [0.4, 0.5) is 4.79 Å². The Morgan fingerprint density at radius 2 is 1.52 bits per heavy atom. The summed E-state index contributed by atoms with van der Waals surface area (Å²) >= 11 is 0. The lowest BCUT2D eigenvalue weighted by atomic mass is 10.0. The standard InChI is InChI=1S/C23H21NO3/c25-22-14-12-21(13-15-22)20-10-8-18(9-11-20)7-4-16-24-23(26)27-17-19-5-2-1-3-6-19/h1-15,25H,16-17H2,(H,24,26). The molecule has 0 radical (unpaired) electrons. The first kappa shape index (κ1) is 18.3. The zero-order valence-electron chi connectivity index (χ0n) is 14.8. The van der Waals surface area contributed by atoms with E-state index in [1.165, 1.54) is 0 Å². The van der Waals surface area contributed by atoms with Gasteiger partial charge in [0.1, 0.15) is 12.4 Å². The number of phenols is 1. The van der Waals surface area contributed by atoms with Crippen LogP contribution in [0.3, 0.4) is 0 Å². The lowest BCUT2D eigenvalue weighted by Crippen LogP contribution is -2.24. The van der Waals surface area contributed by atoms with Crippen molar-refractivity contribution in [2.24, 2.45) is 0 Å². The van der Waals surface area contributed by atoms with Gasteiger partial charge >= 0.3 is 6.09 Å². The molecule has 0 fully saturated rings. The number of carbonyl (C=O) groups excluding carboxylic acids is 1. The first-order chi connectivity index (χ1) is 13.2. The monoisotopic (exact) mass is 359 g/mol. The van der Waals surface area contributed by atoms with E-state index >= 15 is 0 Å². The van der Waals surface area contributed by atoms with Gasteiger partial charge in [-0.05, 0) is 34.4 Å². The van der Waals surface area contributed by atoms with Crippen molar-refractivity contribution >= 4 is 12.2 Å². The van der Waals surface area contributed by atoms with Crippen LogP contribution >= 0.6 is 0 Å². The molecule has 0 heterocycles. The molecule has 0 aliphatic carbocycles. The van der Waals surface area contributed by atoms with E-state index in [-0.39, 0.29) is 12.4 Å². The summed E-state index contributed by atoms with van der Waals surface area (Å²) in [5.74, 6) is 0.257. The minimum atomic E-state index is -0.439. The Labute approximate surface area is 158 Å². The maximum Gasteiger partial charge on any atom is 0.407 e. The number of rotatable bonds is 6. The number of carbonyl (C=O) groups is 1. The molecule has 136 valence electrons. The minimum Gasteiger partial charge on any atom is -0.508 e. The van der Waals surface area contributed by atoms with E-state index in [2.05, 4.69) is 5.32 Å². The van der Waals surface area contributed by atoms with Crippen molar-refractivity contribution in [1.82, 2.24) is 5.32 Å². The smallest absolute Gasteiger partial charge is 0.407 e. The van der Waals surface area contributed by atoms with Gasteiger partial charge in [-0.2, -0.15) is 0 Å². The molecule has 0 aliphatic heterocycles. The van der Waals surface area contributed by atoms with Gasteiger partial charge in [0, 0.05) is 6.54 Å². The number of benzene rings is 3. The Morgan fingerprint density at radius 1 is 0.889 bits per heavy atom. The molecular formula is C23H21NO3. The average molecular weight is 359 g/mol. The Hall–Kier alpha value is -3.53. The molecule has 3 aromatic rings. The third kappa shape index (κ3) is 5.75. The van der Waals surface area contributed by atoms with Crippen molar-refractivity contribution in [3.63, 3.8) is 0 Å². The zero-order chi connectivity index (χ0) is 18.9. The van der Waals surface area contributed by atoms with Gasteiger partial charge in [0.15, 0.2) is 0 Å². The van der Waals surface area contributed by atoms with Gasteiger partial charge in [-0.3, -0.25) is 0 Å². The highest BCUT2D eigenvalue weighted by molar-refractivity contribution is 5.68. The van der Waals surface area contributed by atoms with E-state index in [1.54, 1.807) is 12.1 Å². The van der Waals surface area contributed by atoms with Gasteiger partial charge in [-0.15, -0.1) is 0 Å². The summed E-state index contributed by atoms with van der Waals surface area (Å²) in [4.78, 5) is 11.7. The summed E-state index contributed by atoms with van der Waals surface area (Å²) in [6, 6.07) is 24.7. The van der Waals surface area contributed by atoms with Gasteiger partial charge in [0.05, 0.1) is 0 Å². The number of alkyl carbamates (subject to hydrolysis) is 1. The first-order valence-electron chi connectivity index (χ1n) is 8.71. The number of hydrogen-bond donors (Lipinski definition) is 2. The van der Waals surface area contributed by atoms with Crippen LogP contribution < -0.4 is 5.32 Å². The highest BCUT2D eigenvalue weighted by atomic mass is 16.5. The third-order valence-electron chi connectivity index (χ3n) is 4.00. The molecule has 2 N–H and O–H groups in total. The second kappa shape index (κ2) is 9.25. The van der Waals surface area contributed by atoms with E-state index in [0.717, 1.165) is 22.3 Å². The summed E-state index contributed by atoms with van der Waals surface area (Å²) in [5, 5.41) is 12.0. The van der Waals surface area contributed by atoms with Crippen LogP contribution in [0.15, 0.2) is 84.9 Å². The third-order valence-corrected chi connectivity index (χ3v) is 4.00. The number of phenolic OH excluding ortho intramolecular Hbond substituents is 1. The Balaban J connectivity index is 1.44. The molecule has 0 aromatic heterocycles. The van der Waals surface area contributed by atoms with E-state index in [1.807, 2.05) is 78.9 Å². The van der Waals surface area contributed by atoms with Crippen LogP contribution in [0.5, 0.6) is 5.75 Å². The predicted octanol–water partition coefficient (Wildman–Crippen LogP) is 5.00. The Bertz CT molecular complexity index is 885. The van der Waals surface area contributed by atoms with Gasteiger partial charge in [-0.1, -0.05) is 78.9 Å². The fourth-order valence-corrected chi connectivity index (χ4v) is 2.55. The van der Waals surface area contributed by atoms with Gasteiger partial charge in [-0.25, -0.2) is 4.79 Å². The van der Waals surface area contributed by atoms with Crippen molar-refractivity contribution in [3.05, 3.63) is 96.1 Å². The maximum absolute atomic E-state index is 11.7. The van der Waals surface area contributed by atoms with Crippen molar-refractivity contribution in [2.75, 3.05) is 6.54 Å². The molecule has 4 heteroatoms. The fourth-order valence-electron chi connectivity index (χ4n) is 2.55. The molecule has 0 unspecified atom stereocenters. The molecule has 27 heavy (non-hydrogen) atoms. The lowest BCUT2D eigenvalue weighted by Gasteiger charge is -2.05. The summed E-state index contributed by atoms with van der Waals surface area (Å²) in [6.45, 7) is 0.655. The first-order valence-corrected chi connectivity index (χ1v) is 8.71. The highest BCUT2D eigenvalue weighted by Crippen LogP contribution is 2.22. The average Bonchev–Trinajstić information content (AvgIpc) is 2.71. The van der Waals surface area contributed by atoms with Crippen molar-refractivity contribution in [2.45, 2.75) is 6.61 Å². The number of amides is 1. The molecule has 0 atom stereocenters. The van der Waals surface area contributed by atoms with E-state index in [9.17, 15) is 9.90 Å². The van der Waals surface area contributed by atoms with Gasteiger partial charge in [0.2, 0.25) is 0 Å². The van der Waals surface area contributed by atoms with Crippen LogP contribution in [0.2, 0.25) is 0 Å². The Kier molecular flexibility index (Phi) is 6.26. The minimum absolute atomic E-state index is 0.257.